The Kier molecular flexibility index (Phi) is 17.0. The Morgan fingerprint density at radius 3 is 1.70 bits per heavy atom. The molecule has 54 heavy (non-hydrogen) atoms. The number of para-hydroxylation sites is 1. The van der Waals surface area contributed by atoms with Gasteiger partial charge in [0.2, 0.25) is 0 Å². The number of hydrogen-bond acceptors (Lipinski definition) is 7. The Bertz CT molecular complexity index is 1850. The summed E-state index contributed by atoms with van der Waals surface area (Å²) < 4.78 is 84.2. The van der Waals surface area contributed by atoms with Gasteiger partial charge in [0, 0.05) is 44.6 Å². The van der Waals surface area contributed by atoms with Gasteiger partial charge in [0.1, 0.15) is 17.1 Å². The van der Waals surface area contributed by atoms with E-state index in [-0.39, 0.29) is 63.8 Å². The molecule has 0 spiro atoms. The number of aromatic carboxylic acids is 1. The first-order chi connectivity index (χ1) is 24.0. The summed E-state index contributed by atoms with van der Waals surface area (Å²) in [6.07, 6.45) is -4.53. The number of aliphatic hydroxyl groups is 1. The molecule has 11 nitrogen and oxygen atoms in total. The van der Waals surface area contributed by atoms with Crippen molar-refractivity contribution in [3.8, 4) is 5.75 Å². The lowest BCUT2D eigenvalue weighted by molar-refractivity contribution is -0.139. The predicted molar refractivity (Wildman–Crippen MR) is 192 cm³/mol. The third kappa shape index (κ3) is 11.8. The van der Waals surface area contributed by atoms with E-state index in [9.17, 15) is 35.9 Å². The number of amides is 1. The first-order valence-corrected chi connectivity index (χ1v) is 15.8. The summed E-state index contributed by atoms with van der Waals surface area (Å²) in [5.74, 6) is -0.641. The van der Waals surface area contributed by atoms with Crippen LogP contribution in [-0.2, 0) is 46.1 Å². The topological polar surface area (TPSA) is 158 Å². The number of carboxylic acids is 1. The number of rotatable bonds is 9. The molecule has 2 saturated carbocycles. The van der Waals surface area contributed by atoms with Gasteiger partial charge in [-0.05, 0) is 61.1 Å². The number of halogens is 6. The number of hydrogen-bond donors (Lipinski definition) is 4. The van der Waals surface area contributed by atoms with Crippen LogP contribution in [0.5, 0.6) is 5.75 Å². The molecule has 0 atom stereocenters. The number of aromatic nitrogens is 4. The van der Waals surface area contributed by atoms with Gasteiger partial charge >= 0.3 is 18.3 Å². The average molecular weight is 773 g/mol. The zero-order chi connectivity index (χ0) is 37.7. The largest absolute Gasteiger partial charge is 0.496 e. The van der Waals surface area contributed by atoms with Crippen LogP contribution in [0.4, 0.5) is 26.3 Å². The number of nitrogens with zero attached hydrogens (tertiary/aromatic N) is 4. The number of nitrogens with two attached hydrogens (primary N) is 1. The lowest BCUT2D eigenvalue weighted by Gasteiger charge is -2.16. The third-order valence-corrected chi connectivity index (χ3v) is 8.24. The van der Waals surface area contributed by atoms with E-state index in [2.05, 4.69) is 15.5 Å². The fourth-order valence-corrected chi connectivity index (χ4v) is 5.28. The van der Waals surface area contributed by atoms with Crippen LogP contribution in [0, 0.1) is 0 Å². The molecule has 0 aliphatic heterocycles. The minimum absolute atomic E-state index is 0. The second kappa shape index (κ2) is 19.4. The maximum atomic E-state index is 13.0. The summed E-state index contributed by atoms with van der Waals surface area (Å²) in [7, 11) is 4.51. The zero-order valence-corrected chi connectivity index (χ0v) is 28.0. The Labute approximate surface area is 311 Å². The first-order valence-electron chi connectivity index (χ1n) is 15.8. The standard InChI is InChI=1S/C17H18F3N3O2.C9H10F3NO.C8H10N2O2.3CH4/c1-23-14(8-13(22-23)10-6-7-10)16(24)21-9-11-4-3-5-12(15(11)25-2)17(18,19)20;10-9(11,12)8-3-1-2-6(4-13)7(8)5-14;1-10-7(8(11)12)4-6(9-10)5-2-3-5;;;/h3-5,8,10H,6-7,9H2,1-2H3,(H,21,24);1-3,14H,4-5,13H2;4-5H,2-3H2,1H3,(H,11,12);3*1H4. The number of methoxy groups -OCH3 is 1. The SMILES string of the molecule is C.C.C.COc1c(CNC(=O)c2cc(C3CC3)nn2C)cccc1C(F)(F)F.Cn1nc(C2CC2)cc1C(=O)O.NCc1cccc(C(F)(F)F)c1CO. The van der Waals surface area contributed by atoms with Crippen LogP contribution < -0.4 is 15.8 Å². The summed E-state index contributed by atoms with van der Waals surface area (Å²) in [5.41, 5.74) is 6.49. The molecule has 0 unspecified atom stereocenters. The fraction of sp³-hybridized carbons (Fsp3) is 0.459. The highest BCUT2D eigenvalue weighted by Gasteiger charge is 2.36. The molecule has 0 saturated heterocycles. The van der Waals surface area contributed by atoms with Crippen LogP contribution in [0.25, 0.3) is 0 Å². The van der Waals surface area contributed by atoms with Crippen LogP contribution >= 0.6 is 0 Å². The second-order valence-corrected chi connectivity index (χ2v) is 12.0. The molecule has 300 valence electrons. The molecule has 2 heterocycles. The van der Waals surface area contributed by atoms with Crippen molar-refractivity contribution < 1.29 is 50.9 Å². The molecular weight excluding hydrogens is 722 g/mol. The Hall–Kier alpha value is -4.90. The zero-order valence-electron chi connectivity index (χ0n) is 28.0. The van der Waals surface area contributed by atoms with Crippen molar-refractivity contribution in [2.45, 2.75) is 91.8 Å². The lowest BCUT2D eigenvalue weighted by atomic mass is 10.0. The maximum absolute atomic E-state index is 13.0. The van der Waals surface area contributed by atoms with E-state index in [4.69, 9.17) is 20.7 Å². The van der Waals surface area contributed by atoms with Crippen molar-refractivity contribution in [2.75, 3.05) is 7.11 Å². The monoisotopic (exact) mass is 772 g/mol. The number of ether oxygens (including phenoxy) is 1. The van der Waals surface area contributed by atoms with E-state index in [1.165, 1.54) is 40.7 Å². The molecule has 2 fully saturated rings. The number of nitrogens with one attached hydrogen (secondary N) is 1. The number of carboxylic acid groups (broad SMARTS) is 1. The van der Waals surface area contributed by atoms with E-state index in [1.807, 2.05) is 0 Å². The number of carbonyl (C=O) groups is 2. The van der Waals surface area contributed by atoms with E-state index in [0.29, 0.717) is 23.1 Å². The summed E-state index contributed by atoms with van der Waals surface area (Å²) in [6.45, 7) is -0.738. The van der Waals surface area contributed by atoms with Crippen molar-refractivity contribution in [3.63, 3.8) is 0 Å². The van der Waals surface area contributed by atoms with Crippen molar-refractivity contribution in [2.24, 2.45) is 19.8 Å². The van der Waals surface area contributed by atoms with Gasteiger partial charge in [0.15, 0.2) is 0 Å². The molecule has 2 aromatic heterocycles. The minimum Gasteiger partial charge on any atom is -0.496 e. The van der Waals surface area contributed by atoms with Crippen LogP contribution in [0.2, 0.25) is 0 Å². The molecule has 4 aromatic rings. The van der Waals surface area contributed by atoms with Gasteiger partial charge in [-0.25, -0.2) is 4.79 Å². The van der Waals surface area contributed by atoms with Gasteiger partial charge in [-0.15, -0.1) is 0 Å². The van der Waals surface area contributed by atoms with Gasteiger partial charge in [0.05, 0.1) is 36.2 Å². The fourth-order valence-electron chi connectivity index (χ4n) is 5.28. The van der Waals surface area contributed by atoms with E-state index in [1.54, 1.807) is 26.2 Å². The molecular formula is C37H50F6N6O5. The second-order valence-electron chi connectivity index (χ2n) is 12.0. The average Bonchev–Trinajstić information content (AvgIpc) is 4.02. The lowest BCUT2D eigenvalue weighted by Crippen LogP contribution is -2.25. The third-order valence-electron chi connectivity index (χ3n) is 8.24. The summed E-state index contributed by atoms with van der Waals surface area (Å²) in [6, 6.07) is 10.8. The van der Waals surface area contributed by atoms with Crippen molar-refractivity contribution in [3.05, 3.63) is 99.1 Å². The van der Waals surface area contributed by atoms with Crippen LogP contribution in [-0.4, -0.2) is 48.8 Å². The molecule has 5 N–H and O–H groups in total. The Morgan fingerprint density at radius 2 is 1.30 bits per heavy atom. The number of alkyl halides is 6. The van der Waals surface area contributed by atoms with Crippen LogP contribution in [0.3, 0.4) is 0 Å². The van der Waals surface area contributed by atoms with Crippen molar-refractivity contribution in [1.29, 1.82) is 0 Å². The Balaban J connectivity index is 0.000000429. The molecule has 2 aliphatic rings. The number of aryl methyl sites for hydroxylation is 2. The number of carbonyl (C=O) groups excluding carboxylic acids is 1. The highest BCUT2D eigenvalue weighted by molar-refractivity contribution is 5.92. The molecule has 0 radical (unpaired) electrons. The van der Waals surface area contributed by atoms with Gasteiger partial charge in [-0.2, -0.15) is 36.5 Å². The van der Waals surface area contributed by atoms with E-state index < -0.39 is 36.1 Å². The van der Waals surface area contributed by atoms with E-state index >= 15 is 0 Å². The first kappa shape index (κ1) is 47.1. The molecule has 17 heteroatoms. The predicted octanol–water partition coefficient (Wildman–Crippen LogP) is 7.82. The van der Waals surface area contributed by atoms with Gasteiger partial charge < -0.3 is 26.0 Å². The van der Waals surface area contributed by atoms with E-state index in [0.717, 1.165) is 49.2 Å². The highest BCUT2D eigenvalue weighted by Crippen LogP contribution is 2.41. The van der Waals surface area contributed by atoms with Crippen molar-refractivity contribution >= 4 is 11.9 Å². The summed E-state index contributed by atoms with van der Waals surface area (Å²) in [4.78, 5) is 23.0. The summed E-state index contributed by atoms with van der Waals surface area (Å²) in [5, 5.41) is 28.6. The highest BCUT2D eigenvalue weighted by atomic mass is 19.4. The van der Waals surface area contributed by atoms with Crippen LogP contribution in [0.1, 0.15) is 120 Å². The quantitative estimate of drug-likeness (QED) is 0.126. The maximum Gasteiger partial charge on any atom is 0.419 e. The summed E-state index contributed by atoms with van der Waals surface area (Å²) >= 11 is 0. The molecule has 2 aromatic carbocycles. The number of aliphatic hydroxyl groups excluding tert-OH is 1. The van der Waals surface area contributed by atoms with Gasteiger partial charge in [-0.3, -0.25) is 14.2 Å². The van der Waals surface area contributed by atoms with Gasteiger partial charge in [-0.1, -0.05) is 46.5 Å². The van der Waals surface area contributed by atoms with Gasteiger partial charge in [0.25, 0.3) is 5.91 Å². The smallest absolute Gasteiger partial charge is 0.419 e. The molecule has 0 bridgehead atoms. The molecule has 6 rings (SSSR count). The van der Waals surface area contributed by atoms with Crippen molar-refractivity contribution in [1.82, 2.24) is 24.9 Å². The Morgan fingerprint density at radius 1 is 0.833 bits per heavy atom. The number of benzene rings is 2. The molecule has 2 aliphatic carbocycles. The minimum atomic E-state index is -4.52. The molecule has 1 amide bonds. The normalized spacial score (nSPS) is 13.4. The van der Waals surface area contributed by atoms with Crippen LogP contribution in [0.15, 0.2) is 48.5 Å².